The van der Waals surface area contributed by atoms with Crippen LogP contribution in [0.25, 0.3) is 21.9 Å². The fraction of sp³-hybridized carbons (Fsp3) is 0.0556. The van der Waals surface area contributed by atoms with Crippen LogP contribution in [0.15, 0.2) is 60.7 Å². The molecule has 3 aromatic rings. The van der Waals surface area contributed by atoms with Gasteiger partial charge in [-0.3, -0.25) is 0 Å². The summed E-state index contributed by atoms with van der Waals surface area (Å²) >= 11 is 0. The summed E-state index contributed by atoms with van der Waals surface area (Å²) in [5, 5.41) is 11.4. The lowest BCUT2D eigenvalue weighted by atomic mass is 10.00. The van der Waals surface area contributed by atoms with Crippen molar-refractivity contribution in [3.8, 4) is 16.9 Å². The van der Waals surface area contributed by atoms with Gasteiger partial charge in [0, 0.05) is 0 Å². The second kappa shape index (κ2) is 5.29. The third-order valence-corrected chi connectivity index (χ3v) is 3.46. The number of methoxy groups -OCH3 is 1. The molecule has 0 spiro atoms. The van der Waals surface area contributed by atoms with Gasteiger partial charge in [-0.1, -0.05) is 30.3 Å². The molecular weight excluding hydrogens is 264 g/mol. The maximum Gasteiger partial charge on any atom is 0.337 e. The SMILES string of the molecule is COC(=O)c1ccc2cc(-c3ccc(O)cc3)ccc2c1. The van der Waals surface area contributed by atoms with Gasteiger partial charge in [0.25, 0.3) is 0 Å². The number of ether oxygens (including phenoxy) is 1. The number of esters is 1. The number of phenolic OH excluding ortho intramolecular Hbond substituents is 1. The third kappa shape index (κ3) is 2.58. The first-order valence-corrected chi connectivity index (χ1v) is 6.59. The van der Waals surface area contributed by atoms with Crippen LogP contribution in [0.2, 0.25) is 0 Å². The Morgan fingerprint density at radius 2 is 1.48 bits per heavy atom. The van der Waals surface area contributed by atoms with E-state index in [9.17, 15) is 9.90 Å². The standard InChI is InChI=1S/C18H14O3/c1-21-18(20)16-5-4-14-10-13(2-3-15(14)11-16)12-6-8-17(19)9-7-12/h2-11,19H,1H3. The Kier molecular flexibility index (Phi) is 3.32. The number of hydrogen-bond acceptors (Lipinski definition) is 3. The Hall–Kier alpha value is -2.81. The number of aromatic hydroxyl groups is 1. The van der Waals surface area contributed by atoms with Crippen LogP contribution in [0.5, 0.6) is 5.75 Å². The van der Waals surface area contributed by atoms with E-state index in [1.807, 2.05) is 36.4 Å². The molecule has 0 saturated heterocycles. The van der Waals surface area contributed by atoms with Crippen molar-refractivity contribution in [1.29, 1.82) is 0 Å². The van der Waals surface area contributed by atoms with Crippen molar-refractivity contribution < 1.29 is 14.6 Å². The number of carbonyl (C=O) groups is 1. The number of phenols is 1. The molecule has 104 valence electrons. The van der Waals surface area contributed by atoms with E-state index in [1.54, 1.807) is 18.2 Å². The van der Waals surface area contributed by atoms with Crippen molar-refractivity contribution >= 4 is 16.7 Å². The van der Waals surface area contributed by atoms with Gasteiger partial charge < -0.3 is 9.84 Å². The summed E-state index contributed by atoms with van der Waals surface area (Å²) in [6.07, 6.45) is 0. The van der Waals surface area contributed by atoms with E-state index in [1.165, 1.54) is 7.11 Å². The number of benzene rings is 3. The molecule has 0 amide bonds. The topological polar surface area (TPSA) is 46.5 Å². The number of hydrogen-bond donors (Lipinski definition) is 1. The fourth-order valence-corrected chi connectivity index (χ4v) is 2.32. The minimum atomic E-state index is -0.334. The van der Waals surface area contributed by atoms with Crippen LogP contribution in [-0.2, 0) is 4.74 Å². The predicted molar refractivity (Wildman–Crippen MR) is 82.4 cm³/mol. The lowest BCUT2D eigenvalue weighted by Gasteiger charge is -2.06. The zero-order chi connectivity index (χ0) is 14.8. The molecular formula is C18H14O3. The van der Waals surface area contributed by atoms with Crippen molar-refractivity contribution in [2.75, 3.05) is 7.11 Å². The van der Waals surface area contributed by atoms with E-state index < -0.39 is 0 Å². The van der Waals surface area contributed by atoms with E-state index >= 15 is 0 Å². The largest absolute Gasteiger partial charge is 0.508 e. The number of fused-ring (bicyclic) bond motifs is 1. The molecule has 3 rings (SSSR count). The summed E-state index contributed by atoms with van der Waals surface area (Å²) < 4.78 is 4.73. The Morgan fingerprint density at radius 3 is 2.19 bits per heavy atom. The molecule has 0 bridgehead atoms. The molecule has 0 fully saturated rings. The third-order valence-electron chi connectivity index (χ3n) is 3.46. The zero-order valence-corrected chi connectivity index (χ0v) is 11.5. The maximum atomic E-state index is 11.5. The summed E-state index contributed by atoms with van der Waals surface area (Å²) in [5.74, 6) is -0.0817. The van der Waals surface area contributed by atoms with Gasteiger partial charge in [0.1, 0.15) is 5.75 Å². The zero-order valence-electron chi connectivity index (χ0n) is 11.5. The molecule has 0 aliphatic heterocycles. The summed E-state index contributed by atoms with van der Waals surface area (Å²) in [6.45, 7) is 0. The van der Waals surface area contributed by atoms with Gasteiger partial charge in [0.15, 0.2) is 0 Å². The van der Waals surface area contributed by atoms with Crippen molar-refractivity contribution in [3.05, 3.63) is 66.2 Å². The molecule has 3 nitrogen and oxygen atoms in total. The minimum absolute atomic E-state index is 0.252. The van der Waals surface area contributed by atoms with Gasteiger partial charge in [-0.25, -0.2) is 4.79 Å². The molecule has 0 aliphatic rings. The monoisotopic (exact) mass is 278 g/mol. The van der Waals surface area contributed by atoms with Crippen LogP contribution >= 0.6 is 0 Å². The van der Waals surface area contributed by atoms with Gasteiger partial charge in [-0.15, -0.1) is 0 Å². The smallest absolute Gasteiger partial charge is 0.337 e. The summed E-state index contributed by atoms with van der Waals surface area (Å²) in [6, 6.07) is 18.6. The van der Waals surface area contributed by atoms with Crippen LogP contribution in [0.4, 0.5) is 0 Å². The van der Waals surface area contributed by atoms with Crippen molar-refractivity contribution in [2.24, 2.45) is 0 Å². The number of carbonyl (C=O) groups excluding carboxylic acids is 1. The van der Waals surface area contributed by atoms with E-state index in [2.05, 4.69) is 6.07 Å². The average molecular weight is 278 g/mol. The predicted octanol–water partition coefficient (Wildman–Crippen LogP) is 4.00. The molecule has 0 unspecified atom stereocenters. The summed E-state index contributed by atoms with van der Waals surface area (Å²) in [7, 11) is 1.38. The van der Waals surface area contributed by atoms with Gasteiger partial charge >= 0.3 is 5.97 Å². The lowest BCUT2D eigenvalue weighted by Crippen LogP contribution is -2.00. The Balaban J connectivity index is 2.05. The quantitative estimate of drug-likeness (QED) is 0.721. The highest BCUT2D eigenvalue weighted by Gasteiger charge is 2.06. The second-order valence-electron chi connectivity index (χ2n) is 4.82. The van der Waals surface area contributed by atoms with Gasteiger partial charge in [0.2, 0.25) is 0 Å². The maximum absolute atomic E-state index is 11.5. The second-order valence-corrected chi connectivity index (χ2v) is 4.82. The van der Waals surface area contributed by atoms with Gasteiger partial charge in [-0.05, 0) is 52.2 Å². The molecule has 21 heavy (non-hydrogen) atoms. The normalized spacial score (nSPS) is 10.5. The van der Waals surface area contributed by atoms with E-state index in [0.717, 1.165) is 21.9 Å². The Labute approximate surface area is 122 Å². The summed E-state index contributed by atoms with van der Waals surface area (Å²) in [5.41, 5.74) is 2.64. The van der Waals surface area contributed by atoms with Crippen LogP contribution < -0.4 is 0 Å². The van der Waals surface area contributed by atoms with Gasteiger partial charge in [-0.2, -0.15) is 0 Å². The molecule has 0 radical (unpaired) electrons. The summed E-state index contributed by atoms with van der Waals surface area (Å²) in [4.78, 5) is 11.5. The van der Waals surface area contributed by atoms with Crippen LogP contribution in [0, 0.1) is 0 Å². The van der Waals surface area contributed by atoms with E-state index in [0.29, 0.717) is 5.56 Å². The van der Waals surface area contributed by atoms with Crippen LogP contribution in [0.3, 0.4) is 0 Å². The molecule has 3 heteroatoms. The first-order chi connectivity index (χ1) is 10.2. The first kappa shape index (κ1) is 13.2. The van der Waals surface area contributed by atoms with Crippen LogP contribution in [0.1, 0.15) is 10.4 Å². The molecule has 3 aromatic carbocycles. The highest BCUT2D eigenvalue weighted by molar-refractivity contribution is 5.96. The van der Waals surface area contributed by atoms with Gasteiger partial charge in [0.05, 0.1) is 12.7 Å². The molecule has 0 aliphatic carbocycles. The van der Waals surface area contributed by atoms with Crippen molar-refractivity contribution in [1.82, 2.24) is 0 Å². The van der Waals surface area contributed by atoms with Crippen LogP contribution in [-0.4, -0.2) is 18.2 Å². The lowest BCUT2D eigenvalue weighted by molar-refractivity contribution is 0.0601. The van der Waals surface area contributed by atoms with E-state index in [4.69, 9.17) is 4.74 Å². The number of rotatable bonds is 2. The Bertz CT molecular complexity index is 804. The average Bonchev–Trinajstić information content (AvgIpc) is 2.54. The molecule has 0 aromatic heterocycles. The fourth-order valence-electron chi connectivity index (χ4n) is 2.32. The first-order valence-electron chi connectivity index (χ1n) is 6.59. The van der Waals surface area contributed by atoms with Crippen molar-refractivity contribution in [3.63, 3.8) is 0 Å². The Morgan fingerprint density at radius 1 is 0.857 bits per heavy atom. The molecule has 1 N–H and O–H groups in total. The highest BCUT2D eigenvalue weighted by Crippen LogP contribution is 2.26. The highest BCUT2D eigenvalue weighted by atomic mass is 16.5. The molecule has 0 heterocycles. The minimum Gasteiger partial charge on any atom is -0.508 e. The molecule has 0 atom stereocenters. The molecule has 0 saturated carbocycles. The van der Waals surface area contributed by atoms with E-state index in [-0.39, 0.29) is 11.7 Å². The van der Waals surface area contributed by atoms with Crippen molar-refractivity contribution in [2.45, 2.75) is 0 Å².